The third-order valence-corrected chi connectivity index (χ3v) is 0.780. The normalized spacial score (nSPS) is 9.57. The van der Waals surface area contributed by atoms with Crippen LogP contribution in [0.25, 0.3) is 0 Å². The van der Waals surface area contributed by atoms with Gasteiger partial charge < -0.3 is 10.0 Å². The fourth-order valence-corrected chi connectivity index (χ4v) is 0.312. The van der Waals surface area contributed by atoms with Gasteiger partial charge in [-0.1, -0.05) is 6.58 Å². The number of nitrogens with zero attached hydrogens (tertiary/aromatic N) is 1. The summed E-state index contributed by atoms with van der Waals surface area (Å²) in [6, 6.07) is 0. The molecule has 0 unspecified atom stereocenters. The third-order valence-electron chi connectivity index (χ3n) is 0.310. The van der Waals surface area contributed by atoms with E-state index in [9.17, 15) is 5.21 Å². The van der Waals surface area contributed by atoms with Crippen LogP contribution in [-0.2, 0) is 4.84 Å². The third kappa shape index (κ3) is 3.81. The van der Waals surface area contributed by atoms with Gasteiger partial charge >= 0.3 is 0 Å². The fourth-order valence-electron chi connectivity index (χ4n) is 0.104. The lowest BCUT2D eigenvalue weighted by Gasteiger charge is -2.19. The van der Waals surface area contributed by atoms with E-state index in [2.05, 4.69) is 11.4 Å². The molecule has 0 aromatic rings. The van der Waals surface area contributed by atoms with Gasteiger partial charge in [-0.25, -0.2) is 0 Å². The van der Waals surface area contributed by atoms with Crippen molar-refractivity contribution in [2.45, 2.75) is 0 Å². The van der Waals surface area contributed by atoms with Crippen molar-refractivity contribution in [3.05, 3.63) is 17.2 Å². The molecule has 0 aliphatic carbocycles. The SMILES string of the molecule is C=CSN([O-])OC. The van der Waals surface area contributed by atoms with Gasteiger partial charge in [-0.15, -0.1) is 0 Å². The van der Waals surface area contributed by atoms with Crippen LogP contribution in [0.15, 0.2) is 12.0 Å². The molecule has 3 nitrogen and oxygen atoms in total. The van der Waals surface area contributed by atoms with Crippen molar-refractivity contribution in [1.82, 2.24) is 4.63 Å². The molecule has 0 aliphatic rings. The molecule has 4 heteroatoms. The molecule has 42 valence electrons. The summed E-state index contributed by atoms with van der Waals surface area (Å²) in [6.45, 7) is 3.29. The van der Waals surface area contributed by atoms with Crippen LogP contribution >= 0.6 is 11.9 Å². The van der Waals surface area contributed by atoms with Gasteiger partial charge in [-0.05, 0) is 17.4 Å². The zero-order valence-electron chi connectivity index (χ0n) is 3.96. The predicted octanol–water partition coefficient (Wildman–Crippen LogP) is 1.14. The molecule has 0 saturated carbocycles. The second kappa shape index (κ2) is 4.14. The Morgan fingerprint density at radius 2 is 2.57 bits per heavy atom. The van der Waals surface area contributed by atoms with Crippen LogP contribution in [0.3, 0.4) is 0 Å². The average molecular weight is 120 g/mol. The molecule has 0 atom stereocenters. The van der Waals surface area contributed by atoms with Crippen molar-refractivity contribution in [1.29, 1.82) is 0 Å². The van der Waals surface area contributed by atoms with E-state index in [0.717, 1.165) is 11.9 Å². The van der Waals surface area contributed by atoms with E-state index in [1.807, 2.05) is 0 Å². The Balaban J connectivity index is 2.98. The topological polar surface area (TPSA) is 35.5 Å². The van der Waals surface area contributed by atoms with Gasteiger partial charge in [0.2, 0.25) is 0 Å². The van der Waals surface area contributed by atoms with Crippen LogP contribution in [0.2, 0.25) is 0 Å². The summed E-state index contributed by atoms with van der Waals surface area (Å²) in [4.78, 5) is 4.16. The maximum Gasteiger partial charge on any atom is 0.0574 e. The van der Waals surface area contributed by atoms with E-state index in [4.69, 9.17) is 0 Å². The molecule has 0 radical (unpaired) electrons. The highest BCUT2D eigenvalue weighted by Gasteiger charge is 1.76. The van der Waals surface area contributed by atoms with Crippen molar-refractivity contribution in [3.8, 4) is 0 Å². The van der Waals surface area contributed by atoms with Gasteiger partial charge in [0, 0.05) is 0 Å². The Morgan fingerprint density at radius 1 is 2.00 bits per heavy atom. The molecule has 0 aromatic heterocycles. The van der Waals surface area contributed by atoms with Crippen molar-refractivity contribution < 1.29 is 4.84 Å². The lowest BCUT2D eigenvalue weighted by Crippen LogP contribution is -2.00. The lowest BCUT2D eigenvalue weighted by molar-refractivity contribution is 0.00644. The molecule has 0 saturated heterocycles. The monoisotopic (exact) mass is 120 g/mol. The van der Waals surface area contributed by atoms with Gasteiger partial charge in [-0.3, -0.25) is 0 Å². The van der Waals surface area contributed by atoms with Crippen molar-refractivity contribution >= 4 is 11.9 Å². The average Bonchev–Trinajstić information content (AvgIpc) is 1.68. The van der Waals surface area contributed by atoms with Crippen molar-refractivity contribution in [2.24, 2.45) is 0 Å². The van der Waals surface area contributed by atoms with E-state index in [1.54, 1.807) is 0 Å². The minimum Gasteiger partial charge on any atom is -0.752 e. The molecular formula is C3H6NO2S-. The molecule has 0 aliphatic heterocycles. The van der Waals surface area contributed by atoms with Crippen LogP contribution in [0.1, 0.15) is 0 Å². The zero-order chi connectivity index (χ0) is 5.70. The molecule has 0 rings (SSSR count). The Morgan fingerprint density at radius 3 is 2.71 bits per heavy atom. The van der Waals surface area contributed by atoms with Crippen LogP contribution in [0.4, 0.5) is 0 Å². The maximum absolute atomic E-state index is 10.00. The lowest BCUT2D eigenvalue weighted by atomic mass is 11.3. The standard InChI is InChI=1S/C3H6NO2S/c1-3-7-4(5)6-2/h3H,1H2,2H3/q-1. The van der Waals surface area contributed by atoms with Gasteiger partial charge in [0.25, 0.3) is 0 Å². The summed E-state index contributed by atoms with van der Waals surface area (Å²) in [5.41, 5.74) is 0. The minimum atomic E-state index is 0.354. The highest BCUT2D eigenvalue weighted by atomic mass is 32.2. The first kappa shape index (κ1) is 6.97. The summed E-state index contributed by atoms with van der Waals surface area (Å²) in [6.07, 6.45) is 0. The summed E-state index contributed by atoms with van der Waals surface area (Å²) >= 11 is 0.851. The first-order valence-electron chi connectivity index (χ1n) is 1.60. The van der Waals surface area contributed by atoms with E-state index in [1.165, 1.54) is 12.5 Å². The number of rotatable bonds is 3. The summed E-state index contributed by atoms with van der Waals surface area (Å²) < 4.78 is 0.354. The molecule has 0 fully saturated rings. The summed E-state index contributed by atoms with van der Waals surface area (Å²) in [7, 11) is 1.30. The quantitative estimate of drug-likeness (QED) is 0.413. The van der Waals surface area contributed by atoms with E-state index >= 15 is 0 Å². The van der Waals surface area contributed by atoms with Crippen molar-refractivity contribution in [3.63, 3.8) is 0 Å². The first-order valence-corrected chi connectivity index (χ1v) is 2.44. The molecule has 0 N–H and O–H groups in total. The second-order valence-corrected chi connectivity index (χ2v) is 1.52. The Bertz CT molecular complexity index is 58.9. The van der Waals surface area contributed by atoms with Crippen LogP contribution in [-0.4, -0.2) is 11.7 Å². The molecule has 0 aromatic carbocycles. The molecule has 0 amide bonds. The highest BCUT2D eigenvalue weighted by molar-refractivity contribution is 7.99. The molecule has 7 heavy (non-hydrogen) atoms. The smallest absolute Gasteiger partial charge is 0.0574 e. The van der Waals surface area contributed by atoms with Crippen molar-refractivity contribution in [2.75, 3.05) is 7.11 Å². The van der Waals surface area contributed by atoms with E-state index < -0.39 is 0 Å². The maximum atomic E-state index is 10.00. The first-order chi connectivity index (χ1) is 3.31. The van der Waals surface area contributed by atoms with Gasteiger partial charge in [-0.2, -0.15) is 4.63 Å². The Hall–Kier alpha value is -0.0300. The molecule has 0 bridgehead atoms. The van der Waals surface area contributed by atoms with Gasteiger partial charge in [0.05, 0.1) is 7.11 Å². The van der Waals surface area contributed by atoms with Crippen LogP contribution in [0, 0.1) is 5.21 Å². The largest absolute Gasteiger partial charge is 0.752 e. The minimum absolute atomic E-state index is 0.354. The van der Waals surface area contributed by atoms with Gasteiger partial charge in [0.1, 0.15) is 0 Å². The Labute approximate surface area is 46.6 Å². The van der Waals surface area contributed by atoms with Crippen LogP contribution < -0.4 is 0 Å². The zero-order valence-corrected chi connectivity index (χ0v) is 4.77. The van der Waals surface area contributed by atoms with E-state index in [-0.39, 0.29) is 0 Å². The number of hydrogen-bond acceptors (Lipinski definition) is 4. The predicted molar refractivity (Wildman–Crippen MR) is 30.0 cm³/mol. The summed E-state index contributed by atoms with van der Waals surface area (Å²) in [5.74, 6) is 0. The molecular weight excluding hydrogens is 114 g/mol. The second-order valence-electron chi connectivity index (χ2n) is 0.678. The van der Waals surface area contributed by atoms with Gasteiger partial charge in [0.15, 0.2) is 0 Å². The number of hydrogen-bond donors (Lipinski definition) is 0. The van der Waals surface area contributed by atoms with Crippen LogP contribution in [0.5, 0.6) is 0 Å². The fraction of sp³-hybridized carbons (Fsp3) is 0.333. The van der Waals surface area contributed by atoms with E-state index in [0.29, 0.717) is 4.63 Å². The Kier molecular flexibility index (Phi) is 4.12. The molecule has 0 spiro atoms. The molecule has 0 heterocycles. The highest BCUT2D eigenvalue weighted by Crippen LogP contribution is 2.05. The summed E-state index contributed by atoms with van der Waals surface area (Å²) in [5, 5.41) is 11.4.